The van der Waals surface area contributed by atoms with Crippen molar-refractivity contribution >= 4 is 29.1 Å². The molecule has 4 aromatic rings. The molecule has 0 amide bonds. The molecule has 2 aromatic heterocycles. The zero-order chi connectivity index (χ0) is 26.0. The highest BCUT2D eigenvalue weighted by Crippen LogP contribution is 2.42. The third-order valence-electron chi connectivity index (χ3n) is 5.45. The zero-order valence-corrected chi connectivity index (χ0v) is 19.9. The van der Waals surface area contributed by atoms with Gasteiger partial charge in [-0.3, -0.25) is 30.2 Å². The summed E-state index contributed by atoms with van der Waals surface area (Å²) in [6.45, 7) is 3.68. The van der Waals surface area contributed by atoms with Crippen LogP contribution in [0.3, 0.4) is 0 Å². The normalized spacial score (nSPS) is 10.7. The highest BCUT2D eigenvalue weighted by atomic mass is 32.2. The molecule has 0 aliphatic heterocycles. The monoisotopic (exact) mass is 502 g/mol. The number of nitrogens with zero attached hydrogens (tertiary/aromatic N) is 4. The maximum Gasteiger partial charge on any atom is 0.336 e. The summed E-state index contributed by atoms with van der Waals surface area (Å²) in [4.78, 5) is 42.4. The maximum atomic E-state index is 12.0. The lowest BCUT2D eigenvalue weighted by molar-refractivity contribution is -0.396. The van der Waals surface area contributed by atoms with E-state index >= 15 is 0 Å². The van der Waals surface area contributed by atoms with Gasteiger partial charge < -0.3 is 5.11 Å². The van der Waals surface area contributed by atoms with Crippen LogP contribution in [0.5, 0.6) is 0 Å². The minimum Gasteiger partial charge on any atom is -0.478 e. The lowest BCUT2D eigenvalue weighted by Gasteiger charge is -2.15. The summed E-state index contributed by atoms with van der Waals surface area (Å²) >= 11 is 0.883. The van der Waals surface area contributed by atoms with Crippen LogP contribution in [0.1, 0.15) is 21.5 Å². The standard InChI is InChI=1S/C25H18N4O6S/c1-14-7-9-26-20(11-14)21-12-16(8-10-27-21)18-4-5-19(25(30)31)24(15(18)2)36-23-6-3-17(28(32)33)13-22(23)29(34)35/h3-13H,1-2H3,(H,30,31). The molecule has 0 atom stereocenters. The van der Waals surface area contributed by atoms with E-state index < -0.39 is 27.2 Å². The van der Waals surface area contributed by atoms with Crippen molar-refractivity contribution in [3.63, 3.8) is 0 Å². The summed E-state index contributed by atoms with van der Waals surface area (Å²) in [5.41, 5.74) is 3.46. The molecule has 36 heavy (non-hydrogen) atoms. The summed E-state index contributed by atoms with van der Waals surface area (Å²) in [7, 11) is 0. The van der Waals surface area contributed by atoms with Crippen LogP contribution in [-0.4, -0.2) is 30.9 Å². The van der Waals surface area contributed by atoms with Gasteiger partial charge >= 0.3 is 5.97 Å². The van der Waals surface area contributed by atoms with Crippen molar-refractivity contribution < 1.29 is 19.7 Å². The van der Waals surface area contributed by atoms with E-state index in [4.69, 9.17) is 0 Å². The van der Waals surface area contributed by atoms with Gasteiger partial charge in [-0.05, 0) is 72.5 Å². The zero-order valence-electron chi connectivity index (χ0n) is 19.0. The first-order valence-electron chi connectivity index (χ1n) is 10.5. The molecule has 2 heterocycles. The Morgan fingerprint density at radius 2 is 1.58 bits per heavy atom. The predicted molar refractivity (Wildman–Crippen MR) is 133 cm³/mol. The molecule has 0 fully saturated rings. The number of aromatic nitrogens is 2. The molecule has 0 unspecified atom stereocenters. The first-order chi connectivity index (χ1) is 17.2. The number of nitro groups is 2. The number of carboxylic acids is 1. The van der Waals surface area contributed by atoms with Crippen molar-refractivity contribution in [2.75, 3.05) is 0 Å². The van der Waals surface area contributed by atoms with Crippen LogP contribution in [0, 0.1) is 34.1 Å². The molecule has 0 radical (unpaired) electrons. The van der Waals surface area contributed by atoms with Crippen molar-refractivity contribution in [2.24, 2.45) is 0 Å². The van der Waals surface area contributed by atoms with Crippen LogP contribution in [-0.2, 0) is 0 Å². The fourth-order valence-electron chi connectivity index (χ4n) is 3.68. The molecule has 0 bridgehead atoms. The molecule has 0 spiro atoms. The number of non-ortho nitro benzene ring substituents is 1. The van der Waals surface area contributed by atoms with Crippen molar-refractivity contribution in [1.29, 1.82) is 0 Å². The number of rotatable bonds is 7. The van der Waals surface area contributed by atoms with Gasteiger partial charge in [-0.2, -0.15) is 0 Å². The van der Waals surface area contributed by atoms with E-state index in [0.29, 0.717) is 27.4 Å². The van der Waals surface area contributed by atoms with Gasteiger partial charge in [0, 0.05) is 23.4 Å². The van der Waals surface area contributed by atoms with Crippen molar-refractivity contribution in [3.05, 3.63) is 104 Å². The molecular formula is C25H18N4O6S. The lowest BCUT2D eigenvalue weighted by atomic mass is 9.98. The van der Waals surface area contributed by atoms with Gasteiger partial charge in [0.15, 0.2) is 0 Å². The van der Waals surface area contributed by atoms with Gasteiger partial charge in [-0.15, -0.1) is 0 Å². The summed E-state index contributed by atoms with van der Waals surface area (Å²) in [5, 5.41) is 32.5. The topological polar surface area (TPSA) is 149 Å². The second kappa shape index (κ2) is 9.92. The average molecular weight is 503 g/mol. The predicted octanol–water partition coefficient (Wildman–Crippen LogP) is 6.09. The van der Waals surface area contributed by atoms with E-state index in [-0.39, 0.29) is 10.5 Å². The number of nitro benzene ring substituents is 2. The van der Waals surface area contributed by atoms with E-state index in [1.165, 1.54) is 12.1 Å². The van der Waals surface area contributed by atoms with Gasteiger partial charge in [0.05, 0.1) is 37.8 Å². The Morgan fingerprint density at radius 1 is 0.889 bits per heavy atom. The molecule has 0 saturated carbocycles. The van der Waals surface area contributed by atoms with Crippen molar-refractivity contribution in [3.8, 4) is 22.5 Å². The smallest absolute Gasteiger partial charge is 0.336 e. The number of hydrogen-bond donors (Lipinski definition) is 1. The van der Waals surface area contributed by atoms with E-state index in [0.717, 1.165) is 35.0 Å². The third kappa shape index (κ3) is 4.91. The fourth-order valence-corrected chi connectivity index (χ4v) is 4.80. The van der Waals surface area contributed by atoms with Crippen LogP contribution in [0.25, 0.3) is 22.5 Å². The number of carboxylic acid groups (broad SMARTS) is 1. The van der Waals surface area contributed by atoms with Crippen LogP contribution in [0.15, 0.2) is 76.8 Å². The maximum absolute atomic E-state index is 12.0. The highest BCUT2D eigenvalue weighted by Gasteiger charge is 2.24. The summed E-state index contributed by atoms with van der Waals surface area (Å²) in [6, 6.07) is 13.8. The number of aromatic carboxylic acids is 1. The lowest BCUT2D eigenvalue weighted by Crippen LogP contribution is -2.02. The molecular weight excluding hydrogens is 484 g/mol. The Kier molecular flexibility index (Phi) is 6.75. The third-order valence-corrected chi connectivity index (χ3v) is 6.74. The van der Waals surface area contributed by atoms with Gasteiger partial charge in [0.1, 0.15) is 0 Å². The number of carbonyl (C=O) groups is 1. The van der Waals surface area contributed by atoms with E-state index in [9.17, 15) is 30.1 Å². The Bertz CT molecular complexity index is 1540. The number of pyridine rings is 2. The summed E-state index contributed by atoms with van der Waals surface area (Å²) in [6.07, 6.45) is 3.32. The second-order valence-corrected chi connectivity index (χ2v) is 8.89. The Balaban J connectivity index is 1.84. The van der Waals surface area contributed by atoms with Gasteiger partial charge in [0.2, 0.25) is 0 Å². The molecule has 1 N–H and O–H groups in total. The van der Waals surface area contributed by atoms with Crippen LogP contribution >= 0.6 is 11.8 Å². The molecule has 0 aliphatic carbocycles. The Morgan fingerprint density at radius 3 is 2.22 bits per heavy atom. The molecule has 0 aliphatic rings. The summed E-state index contributed by atoms with van der Waals surface area (Å²) in [5.74, 6) is -1.20. The minimum atomic E-state index is -1.20. The van der Waals surface area contributed by atoms with Crippen LogP contribution < -0.4 is 0 Å². The number of benzene rings is 2. The van der Waals surface area contributed by atoms with Crippen LogP contribution in [0.4, 0.5) is 11.4 Å². The van der Waals surface area contributed by atoms with Gasteiger partial charge in [-0.1, -0.05) is 17.8 Å². The average Bonchev–Trinajstić information content (AvgIpc) is 2.85. The number of hydrogen-bond acceptors (Lipinski definition) is 8. The molecule has 0 saturated heterocycles. The molecule has 11 heteroatoms. The first kappa shape index (κ1) is 24.5. The van der Waals surface area contributed by atoms with E-state index in [1.807, 2.05) is 25.1 Å². The Labute approximate surface area is 209 Å². The minimum absolute atomic E-state index is 0.0384. The Hall–Kier alpha value is -4.64. The van der Waals surface area contributed by atoms with Gasteiger partial charge in [0.25, 0.3) is 11.4 Å². The summed E-state index contributed by atoms with van der Waals surface area (Å²) < 4.78 is 0. The van der Waals surface area contributed by atoms with Crippen molar-refractivity contribution in [2.45, 2.75) is 23.6 Å². The quantitative estimate of drug-likeness (QED) is 0.234. The fraction of sp³-hybridized carbons (Fsp3) is 0.0800. The highest BCUT2D eigenvalue weighted by molar-refractivity contribution is 7.99. The van der Waals surface area contributed by atoms with Gasteiger partial charge in [-0.25, -0.2) is 4.79 Å². The SMILES string of the molecule is Cc1ccnc(-c2cc(-c3ccc(C(=O)O)c(Sc4ccc([N+](=O)[O-])cc4[N+](=O)[O-])c3C)ccn2)c1. The van der Waals surface area contributed by atoms with E-state index in [2.05, 4.69) is 9.97 Å². The number of aryl methyl sites for hydroxylation is 1. The molecule has 4 rings (SSSR count). The molecule has 10 nitrogen and oxygen atoms in total. The first-order valence-corrected chi connectivity index (χ1v) is 11.3. The second-order valence-electron chi connectivity index (χ2n) is 7.84. The van der Waals surface area contributed by atoms with Crippen LogP contribution in [0.2, 0.25) is 0 Å². The molecule has 180 valence electrons. The van der Waals surface area contributed by atoms with Crippen molar-refractivity contribution in [1.82, 2.24) is 9.97 Å². The molecule has 2 aromatic carbocycles. The largest absolute Gasteiger partial charge is 0.478 e. The van der Waals surface area contributed by atoms with E-state index in [1.54, 1.807) is 31.5 Å².